The van der Waals surface area contributed by atoms with E-state index in [1.165, 1.54) is 0 Å². The number of benzene rings is 1. The zero-order valence-corrected chi connectivity index (χ0v) is 11.6. The molecule has 1 rings (SSSR count). The summed E-state index contributed by atoms with van der Waals surface area (Å²) in [6.07, 6.45) is 1.95. The van der Waals surface area contributed by atoms with Gasteiger partial charge in [-0.15, -0.1) is 6.58 Å². The Bertz CT molecular complexity index is 443. The van der Waals surface area contributed by atoms with Gasteiger partial charge in [-0.25, -0.2) is 0 Å². The fourth-order valence-electron chi connectivity index (χ4n) is 1.86. The molecule has 1 aromatic carbocycles. The number of rotatable bonds is 7. The highest BCUT2D eigenvalue weighted by Crippen LogP contribution is 2.19. The van der Waals surface area contributed by atoms with Crippen molar-refractivity contribution in [2.75, 3.05) is 26.8 Å². The van der Waals surface area contributed by atoms with Crippen molar-refractivity contribution in [3.63, 3.8) is 0 Å². The number of hydrogen-bond donors (Lipinski definition) is 1. The van der Waals surface area contributed by atoms with E-state index in [0.29, 0.717) is 19.5 Å². The van der Waals surface area contributed by atoms with Crippen molar-refractivity contribution in [2.45, 2.75) is 13.3 Å². The Kier molecular flexibility index (Phi) is 6.09. The van der Waals surface area contributed by atoms with E-state index in [9.17, 15) is 4.79 Å². The molecule has 104 valence electrons. The molecule has 0 spiro atoms. The molecular formula is C15H21NO3. The lowest BCUT2D eigenvalue weighted by Crippen LogP contribution is -2.34. The van der Waals surface area contributed by atoms with Gasteiger partial charge in [0, 0.05) is 13.1 Å². The maximum atomic E-state index is 12.1. The van der Waals surface area contributed by atoms with Crippen molar-refractivity contribution < 1.29 is 14.6 Å². The molecular weight excluding hydrogens is 242 g/mol. The minimum Gasteiger partial charge on any atom is -0.496 e. The molecule has 19 heavy (non-hydrogen) atoms. The van der Waals surface area contributed by atoms with Crippen molar-refractivity contribution in [1.29, 1.82) is 0 Å². The lowest BCUT2D eigenvalue weighted by molar-refractivity contribution is -0.130. The molecule has 1 N–H and O–H groups in total. The number of carbonyl (C=O) groups excluding carboxylic acids is 1. The van der Waals surface area contributed by atoms with Gasteiger partial charge < -0.3 is 14.7 Å². The third-order valence-electron chi connectivity index (χ3n) is 2.90. The number of amides is 1. The lowest BCUT2D eigenvalue weighted by atomic mass is 10.1. The summed E-state index contributed by atoms with van der Waals surface area (Å²) in [6, 6.07) is 5.73. The van der Waals surface area contributed by atoms with Crippen LogP contribution >= 0.6 is 0 Å². The predicted molar refractivity (Wildman–Crippen MR) is 75.3 cm³/mol. The van der Waals surface area contributed by atoms with Crippen molar-refractivity contribution in [3.8, 4) is 5.75 Å². The second-order valence-electron chi connectivity index (χ2n) is 4.33. The molecule has 4 nitrogen and oxygen atoms in total. The summed E-state index contributed by atoms with van der Waals surface area (Å²) < 4.78 is 5.24. The smallest absolute Gasteiger partial charge is 0.227 e. The monoisotopic (exact) mass is 263 g/mol. The maximum absolute atomic E-state index is 12.1. The topological polar surface area (TPSA) is 49.8 Å². The molecule has 0 atom stereocenters. The van der Waals surface area contributed by atoms with E-state index < -0.39 is 0 Å². The summed E-state index contributed by atoms with van der Waals surface area (Å²) in [7, 11) is 1.61. The van der Waals surface area contributed by atoms with Gasteiger partial charge in [0.15, 0.2) is 0 Å². The second-order valence-corrected chi connectivity index (χ2v) is 4.33. The highest BCUT2D eigenvalue weighted by atomic mass is 16.5. The average molecular weight is 263 g/mol. The zero-order valence-electron chi connectivity index (χ0n) is 11.6. The van der Waals surface area contributed by atoms with Crippen LogP contribution < -0.4 is 4.74 Å². The molecule has 0 aromatic heterocycles. The molecule has 0 radical (unpaired) electrons. The highest BCUT2D eigenvalue weighted by Gasteiger charge is 2.13. The first-order valence-corrected chi connectivity index (χ1v) is 6.25. The minimum atomic E-state index is -0.0448. The van der Waals surface area contributed by atoms with Crippen molar-refractivity contribution in [2.24, 2.45) is 0 Å². The van der Waals surface area contributed by atoms with Gasteiger partial charge in [0.1, 0.15) is 5.75 Å². The normalized spacial score (nSPS) is 10.1. The fourth-order valence-corrected chi connectivity index (χ4v) is 1.86. The molecule has 4 heteroatoms. The summed E-state index contributed by atoms with van der Waals surface area (Å²) >= 11 is 0. The van der Waals surface area contributed by atoms with Crippen LogP contribution in [-0.4, -0.2) is 42.7 Å². The number of hydrogen-bond acceptors (Lipinski definition) is 3. The number of aryl methyl sites for hydroxylation is 1. The summed E-state index contributed by atoms with van der Waals surface area (Å²) in [4.78, 5) is 13.7. The van der Waals surface area contributed by atoms with E-state index in [4.69, 9.17) is 9.84 Å². The van der Waals surface area contributed by atoms with E-state index >= 15 is 0 Å². The maximum Gasteiger partial charge on any atom is 0.227 e. The summed E-state index contributed by atoms with van der Waals surface area (Å²) in [5, 5.41) is 8.95. The Morgan fingerprint density at radius 1 is 1.53 bits per heavy atom. The molecule has 1 aromatic rings. The first kappa shape index (κ1) is 15.2. The van der Waals surface area contributed by atoms with Gasteiger partial charge in [0.25, 0.3) is 0 Å². The van der Waals surface area contributed by atoms with Crippen LogP contribution in [-0.2, 0) is 11.2 Å². The van der Waals surface area contributed by atoms with Crippen molar-refractivity contribution >= 4 is 5.91 Å². The molecule has 0 saturated carbocycles. The van der Waals surface area contributed by atoms with Gasteiger partial charge in [-0.05, 0) is 24.1 Å². The van der Waals surface area contributed by atoms with Crippen LogP contribution in [0.1, 0.15) is 11.1 Å². The Morgan fingerprint density at radius 3 is 2.84 bits per heavy atom. The number of methoxy groups -OCH3 is 1. The molecule has 0 aliphatic heterocycles. The fraction of sp³-hybridized carbons (Fsp3) is 0.400. The van der Waals surface area contributed by atoms with Crippen LogP contribution in [0.15, 0.2) is 30.9 Å². The summed E-state index contributed by atoms with van der Waals surface area (Å²) in [6.45, 7) is 6.30. The van der Waals surface area contributed by atoms with Crippen molar-refractivity contribution in [1.82, 2.24) is 4.90 Å². The lowest BCUT2D eigenvalue weighted by Gasteiger charge is -2.20. The molecule has 0 unspecified atom stereocenters. The molecule has 0 saturated heterocycles. The number of aliphatic hydroxyl groups is 1. The van der Waals surface area contributed by atoms with Crippen molar-refractivity contribution in [3.05, 3.63) is 42.0 Å². The molecule has 0 bridgehead atoms. The number of carbonyl (C=O) groups is 1. The number of aliphatic hydroxyl groups excluding tert-OH is 1. The largest absolute Gasteiger partial charge is 0.496 e. The summed E-state index contributed by atoms with van der Waals surface area (Å²) in [5.41, 5.74) is 1.94. The second kappa shape index (κ2) is 7.59. The quantitative estimate of drug-likeness (QED) is 0.759. The third-order valence-corrected chi connectivity index (χ3v) is 2.90. The predicted octanol–water partition coefficient (Wildman–Crippen LogP) is 1.55. The van der Waals surface area contributed by atoms with E-state index in [1.54, 1.807) is 18.1 Å². The Balaban J connectivity index is 2.77. The van der Waals surface area contributed by atoms with Crippen LogP contribution in [0.2, 0.25) is 0 Å². The molecule has 1 amide bonds. The third kappa shape index (κ3) is 4.41. The van der Waals surface area contributed by atoms with Gasteiger partial charge in [-0.2, -0.15) is 0 Å². The van der Waals surface area contributed by atoms with Crippen LogP contribution in [0, 0.1) is 6.92 Å². The molecule has 0 aliphatic carbocycles. The van der Waals surface area contributed by atoms with Crippen LogP contribution in [0.3, 0.4) is 0 Å². The van der Waals surface area contributed by atoms with Crippen LogP contribution in [0.25, 0.3) is 0 Å². The Morgan fingerprint density at radius 2 is 2.26 bits per heavy atom. The van der Waals surface area contributed by atoms with E-state index in [2.05, 4.69) is 6.58 Å². The van der Waals surface area contributed by atoms with E-state index in [1.807, 2.05) is 25.1 Å². The van der Waals surface area contributed by atoms with Gasteiger partial charge in [0.05, 0.1) is 20.1 Å². The Hall–Kier alpha value is -1.81. The molecule has 0 aliphatic rings. The van der Waals surface area contributed by atoms with Crippen LogP contribution in [0.4, 0.5) is 0 Å². The number of ether oxygens (including phenoxy) is 1. The van der Waals surface area contributed by atoms with Gasteiger partial charge in [0.2, 0.25) is 5.91 Å². The zero-order chi connectivity index (χ0) is 14.3. The Labute approximate surface area is 114 Å². The highest BCUT2D eigenvalue weighted by molar-refractivity contribution is 5.79. The summed E-state index contributed by atoms with van der Waals surface area (Å²) in [5.74, 6) is 0.752. The minimum absolute atomic E-state index is 0.0279. The first-order valence-electron chi connectivity index (χ1n) is 6.25. The molecule has 0 fully saturated rings. The average Bonchev–Trinajstić information content (AvgIpc) is 2.40. The van der Waals surface area contributed by atoms with Gasteiger partial charge >= 0.3 is 0 Å². The standard InChI is InChI=1S/C15H21NO3/c1-4-7-16(8-9-17)15(18)11-13-6-5-12(2)14(10-13)19-3/h4-6,10,17H,1,7-9,11H2,2-3H3. The van der Waals surface area contributed by atoms with E-state index in [0.717, 1.165) is 16.9 Å². The van der Waals surface area contributed by atoms with Crippen LogP contribution in [0.5, 0.6) is 5.75 Å². The number of nitrogens with zero attached hydrogens (tertiary/aromatic N) is 1. The molecule has 0 heterocycles. The van der Waals surface area contributed by atoms with Gasteiger partial charge in [-0.3, -0.25) is 4.79 Å². The van der Waals surface area contributed by atoms with E-state index in [-0.39, 0.29) is 12.5 Å². The first-order chi connectivity index (χ1) is 9.12. The SMILES string of the molecule is C=CCN(CCO)C(=O)Cc1ccc(C)c(OC)c1. The van der Waals surface area contributed by atoms with Gasteiger partial charge in [-0.1, -0.05) is 18.2 Å².